The molecule has 31 heavy (non-hydrogen) atoms. The molecule has 0 spiro atoms. The average molecular weight is 482 g/mol. The van der Waals surface area contributed by atoms with E-state index in [-0.39, 0.29) is 41.0 Å². The standard InChI is InChI=1S/C20H20ClN3O5S2/c21-14-6-5-13(31(27,28)24-7-9-29-10-8-24)11-16(14)22-19(25)12-18-20(26)23-15-3-1-2-4-17(15)30-18/h1-6,11,18H,7-10,12H2,(H,22,25)(H,23,26). The smallest absolute Gasteiger partial charge is 0.243 e. The zero-order valence-corrected chi connectivity index (χ0v) is 18.7. The normalized spacial score (nSPS) is 19.4. The fraction of sp³-hybridized carbons (Fsp3) is 0.300. The lowest BCUT2D eigenvalue weighted by atomic mass is 10.2. The van der Waals surface area contributed by atoms with Gasteiger partial charge in [0.15, 0.2) is 0 Å². The highest BCUT2D eigenvalue weighted by molar-refractivity contribution is 8.01. The number of sulfonamides is 1. The van der Waals surface area contributed by atoms with E-state index in [1.165, 1.54) is 34.3 Å². The van der Waals surface area contributed by atoms with Crippen molar-refractivity contribution in [2.24, 2.45) is 0 Å². The number of ether oxygens (including phenoxy) is 1. The molecular weight excluding hydrogens is 462 g/mol. The van der Waals surface area contributed by atoms with Gasteiger partial charge in [-0.1, -0.05) is 23.7 Å². The van der Waals surface area contributed by atoms with E-state index in [0.717, 1.165) is 10.6 Å². The van der Waals surface area contributed by atoms with Crippen LogP contribution in [0.5, 0.6) is 0 Å². The summed E-state index contributed by atoms with van der Waals surface area (Å²) in [5.74, 6) is -0.691. The highest BCUT2D eigenvalue weighted by Gasteiger charge is 2.30. The maximum absolute atomic E-state index is 12.9. The number of fused-ring (bicyclic) bond motifs is 1. The van der Waals surface area contributed by atoms with Gasteiger partial charge in [0.2, 0.25) is 21.8 Å². The number of rotatable bonds is 5. The van der Waals surface area contributed by atoms with Gasteiger partial charge in [-0.3, -0.25) is 9.59 Å². The predicted octanol–water partition coefficient (Wildman–Crippen LogP) is 2.80. The Morgan fingerprint density at radius 2 is 1.97 bits per heavy atom. The van der Waals surface area contributed by atoms with E-state index >= 15 is 0 Å². The predicted molar refractivity (Wildman–Crippen MR) is 119 cm³/mol. The van der Waals surface area contributed by atoms with E-state index < -0.39 is 21.2 Å². The quantitative estimate of drug-likeness (QED) is 0.680. The summed E-state index contributed by atoms with van der Waals surface area (Å²) >= 11 is 7.50. The molecule has 2 amide bonds. The Hall–Kier alpha value is -2.11. The van der Waals surface area contributed by atoms with Gasteiger partial charge in [-0.05, 0) is 30.3 Å². The molecule has 2 heterocycles. The molecule has 1 saturated heterocycles. The van der Waals surface area contributed by atoms with Gasteiger partial charge in [0.25, 0.3) is 0 Å². The first-order valence-electron chi connectivity index (χ1n) is 9.58. The van der Waals surface area contributed by atoms with E-state index in [4.69, 9.17) is 16.3 Å². The molecule has 2 aliphatic heterocycles. The minimum Gasteiger partial charge on any atom is -0.379 e. The third-order valence-corrected chi connectivity index (χ3v) is 8.40. The first kappa shape index (κ1) is 22.1. The molecule has 0 radical (unpaired) electrons. The summed E-state index contributed by atoms with van der Waals surface area (Å²) in [6.07, 6.45) is -0.0817. The van der Waals surface area contributed by atoms with Gasteiger partial charge in [-0.25, -0.2) is 8.42 Å². The third-order valence-electron chi connectivity index (χ3n) is 4.90. The number of amides is 2. The molecular formula is C20H20ClN3O5S2. The molecule has 2 N–H and O–H groups in total. The number of anilines is 2. The molecule has 2 aromatic carbocycles. The maximum atomic E-state index is 12.9. The number of carbonyl (C=O) groups is 2. The minimum atomic E-state index is -3.73. The Bertz CT molecular complexity index is 1120. The zero-order valence-electron chi connectivity index (χ0n) is 16.3. The number of carbonyl (C=O) groups excluding carboxylic acids is 2. The van der Waals surface area contributed by atoms with Gasteiger partial charge in [0.05, 0.1) is 39.8 Å². The van der Waals surface area contributed by atoms with Crippen LogP contribution < -0.4 is 10.6 Å². The largest absolute Gasteiger partial charge is 0.379 e. The molecule has 2 aliphatic rings. The van der Waals surface area contributed by atoms with Crippen LogP contribution >= 0.6 is 23.4 Å². The summed E-state index contributed by atoms with van der Waals surface area (Å²) in [6, 6.07) is 11.5. The molecule has 164 valence electrons. The SMILES string of the molecule is O=C(CC1Sc2ccccc2NC1=O)Nc1cc(S(=O)(=O)N2CCOCC2)ccc1Cl. The molecule has 0 aliphatic carbocycles. The molecule has 4 rings (SSSR count). The van der Waals surface area contributed by atoms with E-state index in [1.807, 2.05) is 18.2 Å². The monoisotopic (exact) mass is 481 g/mol. The minimum absolute atomic E-state index is 0.0350. The highest BCUT2D eigenvalue weighted by atomic mass is 35.5. The summed E-state index contributed by atoms with van der Waals surface area (Å²) < 4.78 is 32.3. The summed E-state index contributed by atoms with van der Waals surface area (Å²) in [7, 11) is -3.73. The highest BCUT2D eigenvalue weighted by Crippen LogP contribution is 2.37. The lowest BCUT2D eigenvalue weighted by Crippen LogP contribution is -2.40. The van der Waals surface area contributed by atoms with Crippen molar-refractivity contribution < 1.29 is 22.7 Å². The van der Waals surface area contributed by atoms with Crippen LogP contribution in [0.15, 0.2) is 52.3 Å². The molecule has 2 aromatic rings. The van der Waals surface area contributed by atoms with E-state index in [2.05, 4.69) is 10.6 Å². The Balaban J connectivity index is 1.47. The number of nitrogens with zero attached hydrogens (tertiary/aromatic N) is 1. The van der Waals surface area contributed by atoms with Gasteiger partial charge in [0, 0.05) is 24.4 Å². The Morgan fingerprint density at radius 1 is 1.23 bits per heavy atom. The fourth-order valence-electron chi connectivity index (χ4n) is 3.29. The van der Waals surface area contributed by atoms with Gasteiger partial charge >= 0.3 is 0 Å². The molecule has 0 aromatic heterocycles. The van der Waals surface area contributed by atoms with Crippen LogP contribution in [0.3, 0.4) is 0 Å². The van der Waals surface area contributed by atoms with Gasteiger partial charge in [-0.2, -0.15) is 4.31 Å². The number of hydrogen-bond acceptors (Lipinski definition) is 6. The van der Waals surface area contributed by atoms with Gasteiger partial charge in [-0.15, -0.1) is 11.8 Å². The van der Waals surface area contributed by atoms with Crippen molar-refractivity contribution in [2.45, 2.75) is 21.5 Å². The van der Waals surface area contributed by atoms with Crippen LogP contribution in [-0.4, -0.2) is 56.1 Å². The Morgan fingerprint density at radius 3 is 2.74 bits per heavy atom. The van der Waals surface area contributed by atoms with Crippen LogP contribution in [0.25, 0.3) is 0 Å². The third kappa shape index (κ3) is 4.88. The van der Waals surface area contributed by atoms with Crippen molar-refractivity contribution in [3.8, 4) is 0 Å². The van der Waals surface area contributed by atoms with E-state index in [9.17, 15) is 18.0 Å². The number of thioether (sulfide) groups is 1. The molecule has 1 fully saturated rings. The molecule has 0 bridgehead atoms. The fourth-order valence-corrected chi connectivity index (χ4v) is 6.00. The van der Waals surface area contributed by atoms with Crippen molar-refractivity contribution in [3.63, 3.8) is 0 Å². The van der Waals surface area contributed by atoms with Crippen LogP contribution in [0.2, 0.25) is 5.02 Å². The van der Waals surface area contributed by atoms with Crippen LogP contribution in [0, 0.1) is 0 Å². The Kier molecular flexibility index (Phi) is 6.54. The van der Waals surface area contributed by atoms with Crippen molar-refractivity contribution in [1.82, 2.24) is 4.31 Å². The molecule has 0 saturated carbocycles. The number of halogens is 1. The second-order valence-corrected chi connectivity index (χ2v) is 10.6. The lowest BCUT2D eigenvalue weighted by molar-refractivity contribution is -0.120. The second-order valence-electron chi connectivity index (χ2n) is 7.00. The average Bonchev–Trinajstić information content (AvgIpc) is 2.76. The van der Waals surface area contributed by atoms with Crippen molar-refractivity contribution in [2.75, 3.05) is 36.9 Å². The summed E-state index contributed by atoms with van der Waals surface area (Å²) in [6.45, 7) is 1.20. The second kappa shape index (κ2) is 9.17. The zero-order chi connectivity index (χ0) is 22.0. The number of benzene rings is 2. The number of nitrogens with one attached hydrogen (secondary N) is 2. The van der Waals surface area contributed by atoms with E-state index in [0.29, 0.717) is 13.2 Å². The Labute approximate surface area is 189 Å². The molecule has 1 atom stereocenters. The van der Waals surface area contributed by atoms with Crippen molar-refractivity contribution in [1.29, 1.82) is 0 Å². The van der Waals surface area contributed by atoms with E-state index in [1.54, 1.807) is 6.07 Å². The van der Waals surface area contributed by atoms with Gasteiger partial charge in [0.1, 0.15) is 0 Å². The first-order chi connectivity index (χ1) is 14.8. The van der Waals surface area contributed by atoms with Gasteiger partial charge < -0.3 is 15.4 Å². The lowest BCUT2D eigenvalue weighted by Gasteiger charge is -2.26. The molecule has 8 nitrogen and oxygen atoms in total. The first-order valence-corrected chi connectivity index (χ1v) is 12.3. The van der Waals surface area contributed by atoms with Crippen molar-refractivity contribution >= 4 is 56.6 Å². The van der Waals surface area contributed by atoms with Crippen LogP contribution in [-0.2, 0) is 24.3 Å². The summed E-state index contributed by atoms with van der Waals surface area (Å²) in [4.78, 5) is 25.9. The maximum Gasteiger partial charge on any atom is 0.243 e. The molecule has 11 heteroatoms. The summed E-state index contributed by atoms with van der Waals surface area (Å²) in [5.41, 5.74) is 0.904. The number of hydrogen-bond donors (Lipinski definition) is 2. The summed E-state index contributed by atoms with van der Waals surface area (Å²) in [5, 5.41) is 5.05. The van der Waals surface area contributed by atoms with Crippen LogP contribution in [0.4, 0.5) is 11.4 Å². The molecule has 1 unspecified atom stereocenters. The number of morpholine rings is 1. The van der Waals surface area contributed by atoms with Crippen molar-refractivity contribution in [3.05, 3.63) is 47.5 Å². The topological polar surface area (TPSA) is 105 Å². The number of para-hydroxylation sites is 1. The van der Waals surface area contributed by atoms with Crippen LogP contribution in [0.1, 0.15) is 6.42 Å².